The second kappa shape index (κ2) is 11.9. The summed E-state index contributed by atoms with van der Waals surface area (Å²) in [4.78, 5) is 22.7. The third-order valence-electron chi connectivity index (χ3n) is 3.77. The first-order chi connectivity index (χ1) is 11.5. The van der Waals surface area contributed by atoms with E-state index in [0.717, 1.165) is 43.5 Å². The molecule has 24 heavy (non-hydrogen) atoms. The van der Waals surface area contributed by atoms with Crippen LogP contribution in [0.3, 0.4) is 0 Å². The van der Waals surface area contributed by atoms with Crippen LogP contribution in [-0.4, -0.2) is 28.9 Å². The minimum absolute atomic E-state index is 0.0181. The molecule has 0 heterocycles. The summed E-state index contributed by atoms with van der Waals surface area (Å²) < 4.78 is 0. The van der Waals surface area contributed by atoms with Gasteiger partial charge in [-0.2, -0.15) is 0 Å². The Balaban J connectivity index is 2.30. The molecule has 0 aliphatic carbocycles. The molecule has 1 aromatic rings. The third kappa shape index (κ3) is 8.89. The van der Waals surface area contributed by atoms with Gasteiger partial charge in [-0.25, -0.2) is 0 Å². The molecule has 0 spiro atoms. The van der Waals surface area contributed by atoms with Crippen LogP contribution in [-0.2, 0) is 16.0 Å². The van der Waals surface area contributed by atoms with Gasteiger partial charge in [0, 0.05) is 18.0 Å². The SMILES string of the molecule is N[C@@H](Cc1cccc(NC(=O)CCCCCCCCCl)c1)C(=O)O. The van der Waals surface area contributed by atoms with Crippen LogP contribution in [0.4, 0.5) is 5.69 Å². The van der Waals surface area contributed by atoms with Gasteiger partial charge in [0.25, 0.3) is 0 Å². The fraction of sp³-hybridized carbons (Fsp3) is 0.556. The van der Waals surface area contributed by atoms with Crippen LogP contribution in [0.2, 0.25) is 0 Å². The van der Waals surface area contributed by atoms with Crippen molar-refractivity contribution in [2.45, 2.75) is 57.4 Å². The maximum absolute atomic E-state index is 11.9. The lowest BCUT2D eigenvalue weighted by Crippen LogP contribution is -2.32. The van der Waals surface area contributed by atoms with E-state index < -0.39 is 12.0 Å². The van der Waals surface area contributed by atoms with Crippen LogP contribution >= 0.6 is 11.6 Å². The van der Waals surface area contributed by atoms with Gasteiger partial charge in [-0.05, 0) is 37.0 Å². The Kier molecular flexibility index (Phi) is 10.1. The number of carbonyl (C=O) groups excluding carboxylic acids is 1. The average Bonchev–Trinajstić information content (AvgIpc) is 2.54. The van der Waals surface area contributed by atoms with Crippen molar-refractivity contribution in [1.82, 2.24) is 0 Å². The van der Waals surface area contributed by atoms with Crippen LogP contribution in [0.1, 0.15) is 50.5 Å². The maximum Gasteiger partial charge on any atom is 0.320 e. The van der Waals surface area contributed by atoms with Gasteiger partial charge in [-0.1, -0.05) is 37.8 Å². The van der Waals surface area contributed by atoms with Crippen LogP contribution in [0.15, 0.2) is 24.3 Å². The number of nitrogens with two attached hydrogens (primary N) is 1. The number of carboxylic acids is 1. The summed E-state index contributed by atoms with van der Waals surface area (Å²) >= 11 is 5.63. The van der Waals surface area contributed by atoms with E-state index in [0.29, 0.717) is 12.1 Å². The van der Waals surface area contributed by atoms with Crippen LogP contribution in [0.5, 0.6) is 0 Å². The number of aliphatic carboxylic acids is 1. The number of alkyl halides is 1. The molecule has 134 valence electrons. The predicted octanol–water partition coefficient (Wildman–Crippen LogP) is 3.55. The highest BCUT2D eigenvalue weighted by atomic mass is 35.5. The van der Waals surface area contributed by atoms with E-state index in [1.165, 1.54) is 6.42 Å². The zero-order valence-electron chi connectivity index (χ0n) is 14.0. The molecule has 0 aromatic heterocycles. The molecule has 0 fully saturated rings. The number of amides is 1. The topological polar surface area (TPSA) is 92.4 Å². The Hall–Kier alpha value is -1.59. The molecule has 5 nitrogen and oxygen atoms in total. The summed E-state index contributed by atoms with van der Waals surface area (Å²) in [5.74, 6) is -0.329. The highest BCUT2D eigenvalue weighted by Gasteiger charge is 2.12. The van der Waals surface area contributed by atoms with Crippen LogP contribution < -0.4 is 11.1 Å². The zero-order chi connectivity index (χ0) is 17.8. The van der Waals surface area contributed by atoms with E-state index in [-0.39, 0.29) is 12.3 Å². The molecule has 0 saturated carbocycles. The Bertz CT molecular complexity index is 523. The van der Waals surface area contributed by atoms with Gasteiger partial charge in [0.1, 0.15) is 6.04 Å². The first kappa shape index (κ1) is 20.5. The number of unbranched alkanes of at least 4 members (excludes halogenated alkanes) is 5. The first-order valence-corrected chi connectivity index (χ1v) is 8.99. The molecule has 1 rings (SSSR count). The van der Waals surface area contributed by atoms with Crippen molar-refractivity contribution in [3.8, 4) is 0 Å². The Morgan fingerprint density at radius 3 is 2.46 bits per heavy atom. The quantitative estimate of drug-likeness (QED) is 0.395. The van der Waals surface area contributed by atoms with E-state index in [1.807, 2.05) is 0 Å². The number of anilines is 1. The normalized spacial score (nSPS) is 11.9. The molecule has 1 amide bonds. The molecule has 0 aliphatic heterocycles. The summed E-state index contributed by atoms with van der Waals surface area (Å²) in [6.07, 6.45) is 7.16. The van der Waals surface area contributed by atoms with Crippen molar-refractivity contribution in [2.24, 2.45) is 5.73 Å². The van der Waals surface area contributed by atoms with Crippen LogP contribution in [0, 0.1) is 0 Å². The Labute approximate surface area is 148 Å². The Morgan fingerprint density at radius 2 is 1.79 bits per heavy atom. The lowest BCUT2D eigenvalue weighted by atomic mass is 10.1. The molecule has 0 aliphatic rings. The number of hydrogen-bond acceptors (Lipinski definition) is 3. The minimum atomic E-state index is -1.03. The third-order valence-corrected chi connectivity index (χ3v) is 4.04. The Morgan fingerprint density at radius 1 is 1.12 bits per heavy atom. The van der Waals surface area contributed by atoms with Gasteiger partial charge in [-0.3, -0.25) is 9.59 Å². The molecule has 4 N–H and O–H groups in total. The second-order valence-corrected chi connectivity index (χ2v) is 6.34. The van der Waals surface area contributed by atoms with Gasteiger partial charge < -0.3 is 16.2 Å². The molecule has 1 atom stereocenters. The number of carboxylic acid groups (broad SMARTS) is 1. The van der Waals surface area contributed by atoms with Crippen molar-refractivity contribution < 1.29 is 14.7 Å². The lowest BCUT2D eigenvalue weighted by Gasteiger charge is -2.09. The van der Waals surface area contributed by atoms with E-state index in [4.69, 9.17) is 22.4 Å². The summed E-state index contributed by atoms with van der Waals surface area (Å²) in [7, 11) is 0. The van der Waals surface area contributed by atoms with Crippen molar-refractivity contribution in [3.63, 3.8) is 0 Å². The summed E-state index contributed by atoms with van der Waals surface area (Å²) in [6.45, 7) is 0. The first-order valence-electron chi connectivity index (χ1n) is 8.46. The number of halogens is 1. The minimum Gasteiger partial charge on any atom is -0.480 e. The van der Waals surface area contributed by atoms with Crippen molar-refractivity contribution in [3.05, 3.63) is 29.8 Å². The average molecular weight is 355 g/mol. The molecule has 0 saturated heterocycles. The molecular weight excluding hydrogens is 328 g/mol. The van der Waals surface area contributed by atoms with Gasteiger partial charge in [0.05, 0.1) is 0 Å². The second-order valence-electron chi connectivity index (χ2n) is 5.96. The summed E-state index contributed by atoms with van der Waals surface area (Å²) in [6, 6.07) is 6.22. The smallest absolute Gasteiger partial charge is 0.320 e. The monoisotopic (exact) mass is 354 g/mol. The van der Waals surface area contributed by atoms with E-state index in [9.17, 15) is 9.59 Å². The molecule has 0 unspecified atom stereocenters. The molecular formula is C18H27ClN2O3. The van der Waals surface area contributed by atoms with Crippen molar-refractivity contribution >= 4 is 29.2 Å². The van der Waals surface area contributed by atoms with Gasteiger partial charge in [0.15, 0.2) is 0 Å². The summed E-state index contributed by atoms with van der Waals surface area (Å²) in [5, 5.41) is 11.7. The van der Waals surface area contributed by atoms with Gasteiger partial charge in [-0.15, -0.1) is 11.6 Å². The molecule has 0 bridgehead atoms. The van der Waals surface area contributed by atoms with Gasteiger partial charge >= 0.3 is 5.97 Å². The standard InChI is InChI=1S/C18H27ClN2O3/c19-11-6-4-2-1-3-5-10-17(22)21-15-9-7-8-14(12-15)13-16(20)18(23)24/h7-9,12,16H,1-6,10-11,13,20H2,(H,21,22)(H,23,24)/t16-/m0/s1. The number of nitrogens with one attached hydrogen (secondary N) is 1. The van der Waals surface area contributed by atoms with Crippen molar-refractivity contribution in [2.75, 3.05) is 11.2 Å². The molecule has 6 heteroatoms. The van der Waals surface area contributed by atoms with Crippen LogP contribution in [0.25, 0.3) is 0 Å². The number of hydrogen-bond donors (Lipinski definition) is 3. The van der Waals surface area contributed by atoms with E-state index in [1.54, 1.807) is 24.3 Å². The maximum atomic E-state index is 11.9. The predicted molar refractivity (Wildman–Crippen MR) is 97.4 cm³/mol. The zero-order valence-corrected chi connectivity index (χ0v) is 14.7. The van der Waals surface area contributed by atoms with E-state index >= 15 is 0 Å². The number of carbonyl (C=O) groups is 2. The fourth-order valence-electron chi connectivity index (χ4n) is 2.43. The van der Waals surface area contributed by atoms with Crippen molar-refractivity contribution in [1.29, 1.82) is 0 Å². The lowest BCUT2D eigenvalue weighted by molar-refractivity contribution is -0.138. The summed E-state index contributed by atoms with van der Waals surface area (Å²) in [5.41, 5.74) is 7.00. The highest BCUT2D eigenvalue weighted by Crippen LogP contribution is 2.14. The highest BCUT2D eigenvalue weighted by molar-refractivity contribution is 6.17. The number of benzene rings is 1. The van der Waals surface area contributed by atoms with E-state index in [2.05, 4.69) is 5.32 Å². The largest absolute Gasteiger partial charge is 0.480 e. The number of rotatable bonds is 12. The van der Waals surface area contributed by atoms with Gasteiger partial charge in [0.2, 0.25) is 5.91 Å². The molecule has 1 aromatic carbocycles. The molecule has 0 radical (unpaired) electrons. The fourth-order valence-corrected chi connectivity index (χ4v) is 2.62.